The Morgan fingerprint density at radius 3 is 2.59 bits per heavy atom. The fourth-order valence-electron chi connectivity index (χ4n) is 8.79. The Kier molecular flexibility index (Phi) is 5.80. The van der Waals surface area contributed by atoms with Gasteiger partial charge in [-0.25, -0.2) is 5.84 Å². The second-order valence-electron chi connectivity index (χ2n) is 11.5. The van der Waals surface area contributed by atoms with Crippen LogP contribution in [0.4, 0.5) is 0 Å². The van der Waals surface area contributed by atoms with Gasteiger partial charge in [-0.05, 0) is 104 Å². The number of amides is 1. The lowest BCUT2D eigenvalue weighted by Crippen LogP contribution is -2.58. The third kappa shape index (κ3) is 3.36. The van der Waals surface area contributed by atoms with Crippen LogP contribution in [0.1, 0.15) is 85.0 Å². The quantitative estimate of drug-likeness (QED) is 0.327. The van der Waals surface area contributed by atoms with Crippen molar-refractivity contribution in [1.82, 2.24) is 5.43 Å². The van der Waals surface area contributed by atoms with E-state index >= 15 is 0 Å². The van der Waals surface area contributed by atoms with Crippen LogP contribution < -0.4 is 11.3 Å². The number of carbonyl (C=O) groups is 1. The maximum atomic E-state index is 11.6. The van der Waals surface area contributed by atoms with Gasteiger partial charge < -0.3 is 10.2 Å². The molecule has 4 rings (SSSR count). The molecular weight excluding hydrogens is 364 g/mol. The smallest absolute Gasteiger partial charge is 0.233 e. The largest absolute Gasteiger partial charge is 0.393 e. The van der Waals surface area contributed by atoms with Gasteiger partial charge in [0, 0.05) is 6.42 Å². The zero-order chi connectivity index (χ0) is 21.0. The van der Waals surface area contributed by atoms with Crippen molar-refractivity contribution in [1.29, 1.82) is 0 Å². The van der Waals surface area contributed by atoms with E-state index in [4.69, 9.17) is 5.84 Å². The number of nitrogens with one attached hydrogen (secondary N) is 1. The highest BCUT2D eigenvalue weighted by Gasteiger charge is 2.63. The van der Waals surface area contributed by atoms with Gasteiger partial charge in [0.2, 0.25) is 5.91 Å². The summed E-state index contributed by atoms with van der Waals surface area (Å²) in [6, 6.07) is 0. The highest BCUT2D eigenvalue weighted by molar-refractivity contribution is 5.75. The molecule has 0 radical (unpaired) electrons. The van der Waals surface area contributed by atoms with Crippen molar-refractivity contribution >= 4 is 5.91 Å². The van der Waals surface area contributed by atoms with Crippen molar-refractivity contribution in [2.45, 2.75) is 97.2 Å². The molecule has 166 valence electrons. The summed E-state index contributed by atoms with van der Waals surface area (Å²) in [4.78, 5) is 11.6. The lowest BCUT2D eigenvalue weighted by Gasteiger charge is -2.62. The molecule has 4 fully saturated rings. The van der Waals surface area contributed by atoms with Gasteiger partial charge in [0.1, 0.15) is 0 Å². The Morgan fingerprint density at radius 2 is 1.86 bits per heavy atom. The van der Waals surface area contributed by atoms with E-state index in [0.29, 0.717) is 41.9 Å². The molecule has 5 heteroatoms. The van der Waals surface area contributed by atoms with Crippen LogP contribution in [0.5, 0.6) is 0 Å². The van der Waals surface area contributed by atoms with E-state index in [1.54, 1.807) is 0 Å². The summed E-state index contributed by atoms with van der Waals surface area (Å²) in [7, 11) is 0. The van der Waals surface area contributed by atoms with Gasteiger partial charge >= 0.3 is 0 Å². The van der Waals surface area contributed by atoms with Gasteiger partial charge in [-0.1, -0.05) is 20.8 Å². The van der Waals surface area contributed by atoms with Crippen molar-refractivity contribution in [3.05, 3.63) is 0 Å². The molecule has 29 heavy (non-hydrogen) atoms. The van der Waals surface area contributed by atoms with Gasteiger partial charge in [0.05, 0.1) is 12.2 Å². The number of nitrogens with two attached hydrogens (primary N) is 1. The van der Waals surface area contributed by atoms with Gasteiger partial charge in [-0.2, -0.15) is 0 Å². The van der Waals surface area contributed by atoms with Crippen LogP contribution in [0, 0.1) is 46.3 Å². The maximum Gasteiger partial charge on any atom is 0.233 e. The predicted octanol–water partition coefficient (Wildman–Crippen LogP) is 3.38. The zero-order valence-electron chi connectivity index (χ0n) is 18.6. The van der Waals surface area contributed by atoms with E-state index in [-0.39, 0.29) is 28.9 Å². The van der Waals surface area contributed by atoms with Gasteiger partial charge in [-0.3, -0.25) is 10.2 Å². The van der Waals surface area contributed by atoms with E-state index < -0.39 is 0 Å². The van der Waals surface area contributed by atoms with Crippen LogP contribution in [0.3, 0.4) is 0 Å². The van der Waals surface area contributed by atoms with Crippen molar-refractivity contribution in [3.63, 3.8) is 0 Å². The first kappa shape index (κ1) is 21.6. The summed E-state index contributed by atoms with van der Waals surface area (Å²) in [6.07, 6.45) is 9.76. The molecule has 1 amide bonds. The number of hydrogen-bond acceptors (Lipinski definition) is 4. The maximum absolute atomic E-state index is 11.6. The topological polar surface area (TPSA) is 95.6 Å². The van der Waals surface area contributed by atoms with Gasteiger partial charge in [-0.15, -0.1) is 0 Å². The Hall–Kier alpha value is -0.650. The molecule has 0 unspecified atom stereocenters. The number of hydrazine groups is 1. The number of fused-ring (bicyclic) bond motifs is 5. The first-order valence-corrected chi connectivity index (χ1v) is 12.1. The Balaban J connectivity index is 1.53. The molecule has 0 aromatic heterocycles. The minimum absolute atomic E-state index is 0.0306. The number of aliphatic hydroxyl groups excluding tert-OH is 2. The predicted molar refractivity (Wildman–Crippen MR) is 113 cm³/mol. The summed E-state index contributed by atoms with van der Waals surface area (Å²) in [5, 5.41) is 21.7. The van der Waals surface area contributed by atoms with E-state index in [1.165, 1.54) is 25.7 Å². The van der Waals surface area contributed by atoms with E-state index in [0.717, 1.165) is 32.1 Å². The van der Waals surface area contributed by atoms with Crippen LogP contribution >= 0.6 is 0 Å². The van der Waals surface area contributed by atoms with Crippen LogP contribution in [-0.4, -0.2) is 28.3 Å². The summed E-state index contributed by atoms with van der Waals surface area (Å²) >= 11 is 0. The highest BCUT2D eigenvalue weighted by atomic mass is 16.3. The molecule has 4 aliphatic carbocycles. The molecule has 0 spiro atoms. The molecule has 0 aromatic rings. The molecular formula is C24H42N2O3. The lowest BCUT2D eigenvalue weighted by molar-refractivity contribution is -0.174. The third-order valence-electron chi connectivity index (χ3n) is 10.5. The molecule has 0 saturated heterocycles. The fraction of sp³-hybridized carbons (Fsp3) is 0.958. The number of aliphatic hydroxyl groups is 2. The number of hydrogen-bond donors (Lipinski definition) is 4. The summed E-state index contributed by atoms with van der Waals surface area (Å²) in [6.45, 7) is 7.09. The van der Waals surface area contributed by atoms with Crippen LogP contribution in [-0.2, 0) is 4.79 Å². The van der Waals surface area contributed by atoms with Crippen molar-refractivity contribution < 1.29 is 15.0 Å². The number of rotatable bonds is 4. The monoisotopic (exact) mass is 406 g/mol. The second-order valence-corrected chi connectivity index (χ2v) is 11.5. The molecule has 0 bridgehead atoms. The van der Waals surface area contributed by atoms with Gasteiger partial charge in [0.25, 0.3) is 0 Å². The average molecular weight is 407 g/mol. The minimum atomic E-state index is -0.255. The summed E-state index contributed by atoms with van der Waals surface area (Å²) < 4.78 is 0. The fourth-order valence-corrected chi connectivity index (χ4v) is 8.79. The highest BCUT2D eigenvalue weighted by Crippen LogP contribution is 2.68. The molecule has 0 aliphatic heterocycles. The molecule has 4 aliphatic rings. The Bertz CT molecular complexity index is 627. The standard InChI is InChI=1S/C24H42N2O3/c1-14(4-9-22(29)26-25)18-7-8-19-17-6-5-15-12-16(27)10-11-23(15,2)20(17)13-21(28)24(18,19)3/h14-21,27-28H,4-13,25H2,1-3H3,(H,26,29)/t14-,15-,16-,17+,18-,19+,20+,21+,23+,24-/m1/s1. The SMILES string of the molecule is C[C@H](CCC(=O)NN)[C@H]1CC[C@H]2[C@@H]3CC[C@@H]4C[C@H](O)CC[C@]4(C)[C@H]3C[C@H](O)[C@]12C. The molecule has 5 N–H and O–H groups in total. The third-order valence-corrected chi connectivity index (χ3v) is 10.5. The Morgan fingerprint density at radius 1 is 1.10 bits per heavy atom. The zero-order valence-corrected chi connectivity index (χ0v) is 18.6. The molecule has 0 aromatic carbocycles. The molecule has 10 atom stereocenters. The minimum Gasteiger partial charge on any atom is -0.393 e. The van der Waals surface area contributed by atoms with Crippen molar-refractivity contribution in [2.24, 2.45) is 52.2 Å². The van der Waals surface area contributed by atoms with E-state index in [2.05, 4.69) is 26.2 Å². The second kappa shape index (κ2) is 7.80. The first-order chi connectivity index (χ1) is 13.7. The molecule has 0 heterocycles. The summed E-state index contributed by atoms with van der Waals surface area (Å²) in [5.74, 6) is 8.59. The lowest BCUT2D eigenvalue weighted by atomic mass is 9.43. The summed E-state index contributed by atoms with van der Waals surface area (Å²) in [5.41, 5.74) is 2.50. The van der Waals surface area contributed by atoms with Crippen molar-refractivity contribution in [2.75, 3.05) is 0 Å². The average Bonchev–Trinajstić information content (AvgIpc) is 3.06. The molecule has 4 saturated carbocycles. The number of carbonyl (C=O) groups excluding carboxylic acids is 1. The van der Waals surface area contributed by atoms with Crippen molar-refractivity contribution in [3.8, 4) is 0 Å². The molecule has 5 nitrogen and oxygen atoms in total. The van der Waals surface area contributed by atoms with Crippen LogP contribution in [0.2, 0.25) is 0 Å². The Labute approximate surface area is 176 Å². The van der Waals surface area contributed by atoms with Crippen LogP contribution in [0.15, 0.2) is 0 Å². The van der Waals surface area contributed by atoms with Gasteiger partial charge in [0.15, 0.2) is 0 Å². The normalized spacial score (nSPS) is 50.2. The van der Waals surface area contributed by atoms with Crippen LogP contribution in [0.25, 0.3) is 0 Å². The first-order valence-electron chi connectivity index (χ1n) is 12.1. The van der Waals surface area contributed by atoms with E-state index in [9.17, 15) is 15.0 Å². The van der Waals surface area contributed by atoms with E-state index in [1.807, 2.05) is 0 Å².